The topological polar surface area (TPSA) is 80.5 Å². The average molecular weight is 330 g/mol. The first-order chi connectivity index (χ1) is 11.6. The van der Waals surface area contributed by atoms with Crippen LogP contribution in [0.15, 0.2) is 30.9 Å². The van der Waals surface area contributed by atoms with Gasteiger partial charge in [-0.15, -0.1) is 0 Å². The zero-order valence-electron chi connectivity index (χ0n) is 13.9. The van der Waals surface area contributed by atoms with Gasteiger partial charge in [0.25, 0.3) is 5.91 Å². The first-order valence-electron chi connectivity index (χ1n) is 8.21. The lowest BCUT2D eigenvalue weighted by Crippen LogP contribution is -2.31. The summed E-state index contributed by atoms with van der Waals surface area (Å²) in [6, 6.07) is 1.85. The van der Waals surface area contributed by atoms with E-state index in [0.717, 1.165) is 18.5 Å². The molecule has 2 aromatic rings. The van der Waals surface area contributed by atoms with Crippen LogP contribution in [-0.2, 0) is 13.0 Å². The fourth-order valence-corrected chi connectivity index (χ4v) is 2.77. The average Bonchev–Trinajstić information content (AvgIpc) is 3.21. The van der Waals surface area contributed by atoms with Crippen molar-refractivity contribution in [3.05, 3.63) is 42.0 Å². The molecule has 0 spiro atoms. The number of aliphatic hydroxyl groups excluding tert-OH is 1. The molecule has 128 valence electrons. The maximum absolute atomic E-state index is 12.6. The Morgan fingerprint density at radius 2 is 2.17 bits per heavy atom. The molecule has 0 saturated carbocycles. The van der Waals surface area contributed by atoms with E-state index >= 15 is 0 Å². The van der Waals surface area contributed by atoms with Crippen LogP contribution in [0, 0.1) is 0 Å². The fraction of sp³-hybridized carbons (Fsp3) is 0.471. The first-order valence-corrected chi connectivity index (χ1v) is 8.21. The third kappa shape index (κ3) is 3.41. The second kappa shape index (κ2) is 7.00. The highest BCUT2D eigenvalue weighted by molar-refractivity contribution is 5.94. The second-order valence-corrected chi connectivity index (χ2v) is 5.90. The Morgan fingerprint density at radius 3 is 2.88 bits per heavy atom. The number of pyridine rings is 1. The van der Waals surface area contributed by atoms with Crippen LogP contribution in [0.4, 0.5) is 0 Å². The summed E-state index contributed by atoms with van der Waals surface area (Å²) in [6.45, 7) is 5.35. The number of aliphatic hydroxyl groups is 1. The minimum atomic E-state index is -0.721. The van der Waals surface area contributed by atoms with Crippen LogP contribution >= 0.6 is 0 Å². The van der Waals surface area contributed by atoms with Gasteiger partial charge in [0.1, 0.15) is 12.2 Å². The zero-order chi connectivity index (χ0) is 17.1. The molecule has 2 atom stereocenters. The Labute approximate surface area is 140 Å². The van der Waals surface area contributed by atoms with Gasteiger partial charge in [0.05, 0.1) is 31.0 Å². The van der Waals surface area contributed by atoms with Gasteiger partial charge in [0.15, 0.2) is 5.75 Å². The van der Waals surface area contributed by atoms with E-state index in [0.29, 0.717) is 17.9 Å². The summed E-state index contributed by atoms with van der Waals surface area (Å²) in [5.41, 5.74) is 1.56. The first kappa shape index (κ1) is 16.4. The van der Waals surface area contributed by atoms with Crippen molar-refractivity contribution in [2.45, 2.75) is 39.0 Å². The Bertz CT molecular complexity index is 715. The molecule has 1 aliphatic rings. The van der Waals surface area contributed by atoms with Crippen LogP contribution in [0.2, 0.25) is 0 Å². The van der Waals surface area contributed by atoms with Crippen molar-refractivity contribution in [3.8, 4) is 5.75 Å². The van der Waals surface area contributed by atoms with Crippen molar-refractivity contribution in [2.75, 3.05) is 13.1 Å². The largest absolute Gasteiger partial charge is 0.482 e. The van der Waals surface area contributed by atoms with Gasteiger partial charge in [0, 0.05) is 18.9 Å². The molecule has 24 heavy (non-hydrogen) atoms. The van der Waals surface area contributed by atoms with E-state index in [1.54, 1.807) is 34.4 Å². The molecule has 1 fully saturated rings. The maximum atomic E-state index is 12.6. The number of likely N-dealkylation sites (tertiary alicyclic amines) is 1. The molecule has 0 unspecified atom stereocenters. The molecule has 7 nitrogen and oxygen atoms in total. The summed E-state index contributed by atoms with van der Waals surface area (Å²) in [7, 11) is 0. The van der Waals surface area contributed by atoms with Gasteiger partial charge in [-0.05, 0) is 25.0 Å². The Balaban J connectivity index is 1.67. The van der Waals surface area contributed by atoms with E-state index < -0.39 is 12.2 Å². The van der Waals surface area contributed by atoms with E-state index in [2.05, 4.69) is 10.1 Å². The third-order valence-electron chi connectivity index (χ3n) is 4.20. The molecular formula is C17H22N4O3. The molecule has 1 saturated heterocycles. The molecule has 1 amide bonds. The van der Waals surface area contributed by atoms with Crippen molar-refractivity contribution in [2.24, 2.45) is 0 Å². The number of ether oxygens (including phenoxy) is 1. The van der Waals surface area contributed by atoms with Crippen LogP contribution in [0.5, 0.6) is 5.75 Å². The molecular weight excluding hydrogens is 308 g/mol. The molecule has 3 heterocycles. The standard InChI is InChI=1S/C17H22N4O3/c1-3-12-5-13(7-18-6-12)17(23)20-10-15(22)16(11-20)24-14-8-19-21(4-2)9-14/h5-9,15-16,22H,3-4,10-11H2,1-2H3/t15-,16-/m1/s1. The van der Waals surface area contributed by atoms with Gasteiger partial charge < -0.3 is 14.7 Å². The van der Waals surface area contributed by atoms with Crippen molar-refractivity contribution < 1.29 is 14.6 Å². The monoisotopic (exact) mass is 330 g/mol. The summed E-state index contributed by atoms with van der Waals surface area (Å²) >= 11 is 0. The second-order valence-electron chi connectivity index (χ2n) is 5.90. The van der Waals surface area contributed by atoms with Gasteiger partial charge in [-0.25, -0.2) is 0 Å². The lowest BCUT2D eigenvalue weighted by Gasteiger charge is -2.16. The lowest BCUT2D eigenvalue weighted by atomic mass is 10.1. The summed E-state index contributed by atoms with van der Waals surface area (Å²) in [5.74, 6) is 0.469. The summed E-state index contributed by atoms with van der Waals surface area (Å²) in [4.78, 5) is 18.3. The molecule has 3 rings (SSSR count). The number of hydrogen-bond donors (Lipinski definition) is 1. The summed E-state index contributed by atoms with van der Waals surface area (Å²) < 4.78 is 7.54. The van der Waals surface area contributed by atoms with Crippen LogP contribution in [0.25, 0.3) is 0 Å². The van der Waals surface area contributed by atoms with E-state index in [9.17, 15) is 9.90 Å². The van der Waals surface area contributed by atoms with Gasteiger partial charge in [-0.1, -0.05) is 6.92 Å². The van der Waals surface area contributed by atoms with Crippen LogP contribution < -0.4 is 4.74 Å². The van der Waals surface area contributed by atoms with Crippen molar-refractivity contribution in [1.82, 2.24) is 19.7 Å². The Morgan fingerprint density at radius 1 is 1.33 bits per heavy atom. The van der Waals surface area contributed by atoms with Gasteiger partial charge >= 0.3 is 0 Å². The van der Waals surface area contributed by atoms with Crippen LogP contribution in [0.3, 0.4) is 0 Å². The Hall–Kier alpha value is -2.41. The van der Waals surface area contributed by atoms with Crippen molar-refractivity contribution in [1.29, 1.82) is 0 Å². The van der Waals surface area contributed by atoms with Crippen molar-refractivity contribution >= 4 is 5.91 Å². The summed E-state index contributed by atoms with van der Waals surface area (Å²) in [5, 5.41) is 14.4. The smallest absolute Gasteiger partial charge is 0.255 e. The number of nitrogens with zero attached hydrogens (tertiary/aromatic N) is 4. The molecule has 0 aliphatic carbocycles. The predicted octanol–water partition coefficient (Wildman–Crippen LogP) is 1.12. The quantitative estimate of drug-likeness (QED) is 0.889. The predicted molar refractivity (Wildman–Crippen MR) is 87.8 cm³/mol. The van der Waals surface area contributed by atoms with E-state index in [4.69, 9.17) is 4.74 Å². The number of carbonyl (C=O) groups is 1. The molecule has 7 heteroatoms. The minimum Gasteiger partial charge on any atom is -0.482 e. The Kier molecular flexibility index (Phi) is 4.80. The number of rotatable bonds is 5. The number of carbonyl (C=O) groups excluding carboxylic acids is 1. The number of aryl methyl sites for hydroxylation is 2. The number of aromatic nitrogens is 3. The zero-order valence-corrected chi connectivity index (χ0v) is 13.9. The fourth-order valence-electron chi connectivity index (χ4n) is 2.77. The summed E-state index contributed by atoms with van der Waals surface area (Å²) in [6.07, 6.45) is 6.37. The lowest BCUT2D eigenvalue weighted by molar-refractivity contribution is 0.0729. The van der Waals surface area contributed by atoms with Gasteiger partial charge in [-0.2, -0.15) is 5.10 Å². The highest BCUT2D eigenvalue weighted by Crippen LogP contribution is 2.20. The molecule has 0 bridgehead atoms. The van der Waals surface area contributed by atoms with Crippen LogP contribution in [-0.4, -0.2) is 56.0 Å². The maximum Gasteiger partial charge on any atom is 0.255 e. The number of β-amino-alcohol motifs (C(OH)–C–C–N with tert-alkyl or cyclic N) is 1. The van der Waals surface area contributed by atoms with E-state index in [1.165, 1.54) is 0 Å². The number of hydrogen-bond acceptors (Lipinski definition) is 5. The molecule has 2 aromatic heterocycles. The third-order valence-corrected chi connectivity index (χ3v) is 4.20. The van der Waals surface area contributed by atoms with E-state index in [-0.39, 0.29) is 12.5 Å². The number of amides is 1. The van der Waals surface area contributed by atoms with Crippen molar-refractivity contribution in [3.63, 3.8) is 0 Å². The van der Waals surface area contributed by atoms with Gasteiger partial charge in [0.2, 0.25) is 0 Å². The SMILES string of the molecule is CCc1cncc(C(=O)N2C[C@@H](O)[C@H](Oc3cnn(CC)c3)C2)c1. The van der Waals surface area contributed by atoms with Gasteiger partial charge in [-0.3, -0.25) is 14.5 Å². The highest BCUT2D eigenvalue weighted by Gasteiger charge is 2.36. The molecule has 0 aromatic carbocycles. The molecule has 1 aliphatic heterocycles. The molecule has 0 radical (unpaired) electrons. The minimum absolute atomic E-state index is 0.132. The van der Waals surface area contributed by atoms with E-state index in [1.807, 2.05) is 19.9 Å². The highest BCUT2D eigenvalue weighted by atomic mass is 16.5. The normalized spacial score (nSPS) is 20.4. The van der Waals surface area contributed by atoms with Crippen LogP contribution in [0.1, 0.15) is 29.8 Å². The molecule has 1 N–H and O–H groups in total.